The number of hydrogen-bond donors (Lipinski definition) is 1. The van der Waals surface area contributed by atoms with Crippen molar-refractivity contribution in [2.24, 2.45) is 0 Å². The van der Waals surface area contributed by atoms with Crippen molar-refractivity contribution in [1.82, 2.24) is 9.88 Å². The van der Waals surface area contributed by atoms with E-state index in [1.165, 1.54) is 10.5 Å². The zero-order valence-corrected chi connectivity index (χ0v) is 16.1. The van der Waals surface area contributed by atoms with Crippen molar-refractivity contribution in [3.8, 4) is 11.5 Å². The van der Waals surface area contributed by atoms with Crippen LogP contribution in [-0.2, 0) is 17.8 Å². The van der Waals surface area contributed by atoms with E-state index in [1.54, 1.807) is 14.2 Å². The van der Waals surface area contributed by atoms with E-state index in [1.807, 2.05) is 35.5 Å². The number of hydrogen-bond acceptors (Lipinski definition) is 4. The Morgan fingerprint density at radius 2 is 1.85 bits per heavy atom. The molecule has 1 aromatic carbocycles. The molecule has 1 aliphatic rings. The molecule has 0 unspecified atom stereocenters. The first-order valence-electron chi connectivity index (χ1n) is 9.41. The van der Waals surface area contributed by atoms with Crippen LogP contribution in [0.3, 0.4) is 0 Å². The molecule has 2 aromatic rings. The number of aryl methyl sites for hydroxylation is 1. The zero-order chi connectivity index (χ0) is 19.1. The third-order valence-corrected chi connectivity index (χ3v) is 5.12. The van der Waals surface area contributed by atoms with Crippen molar-refractivity contribution < 1.29 is 19.2 Å². The lowest BCUT2D eigenvalue weighted by Crippen LogP contribution is -3.13. The van der Waals surface area contributed by atoms with Crippen LogP contribution in [0.1, 0.15) is 17.5 Å². The molecule has 27 heavy (non-hydrogen) atoms. The van der Waals surface area contributed by atoms with Crippen molar-refractivity contribution >= 4 is 5.91 Å². The first-order valence-corrected chi connectivity index (χ1v) is 9.41. The van der Waals surface area contributed by atoms with E-state index in [9.17, 15) is 4.79 Å². The average Bonchev–Trinajstić information content (AvgIpc) is 2.72. The zero-order valence-electron chi connectivity index (χ0n) is 16.1. The molecule has 1 fully saturated rings. The smallest absolute Gasteiger partial charge is 0.223 e. The maximum absolute atomic E-state index is 12.6. The van der Waals surface area contributed by atoms with Crippen LogP contribution in [0.25, 0.3) is 0 Å². The molecule has 0 radical (unpaired) electrons. The minimum absolute atomic E-state index is 0.211. The molecule has 0 spiro atoms. The van der Waals surface area contributed by atoms with Crippen LogP contribution in [0, 0.1) is 0 Å². The maximum atomic E-state index is 12.6. The second kappa shape index (κ2) is 9.37. The Hall–Kier alpha value is -2.60. The lowest BCUT2D eigenvalue weighted by Gasteiger charge is -2.32. The first kappa shape index (κ1) is 19.2. The van der Waals surface area contributed by atoms with Gasteiger partial charge in [-0.2, -0.15) is 0 Å². The van der Waals surface area contributed by atoms with Crippen LogP contribution < -0.4 is 14.4 Å². The quantitative estimate of drug-likeness (QED) is 0.789. The second-order valence-electron chi connectivity index (χ2n) is 6.82. The molecule has 0 saturated carbocycles. The van der Waals surface area contributed by atoms with E-state index in [-0.39, 0.29) is 5.91 Å². The van der Waals surface area contributed by atoms with Gasteiger partial charge in [0.2, 0.25) is 5.91 Å². The molecular formula is C21H28N3O3+. The van der Waals surface area contributed by atoms with Gasteiger partial charge >= 0.3 is 0 Å². The Kier molecular flexibility index (Phi) is 6.65. The Labute approximate surface area is 160 Å². The summed E-state index contributed by atoms with van der Waals surface area (Å²) in [5.41, 5.74) is 2.30. The number of ether oxygens (including phenoxy) is 2. The molecular weight excluding hydrogens is 342 g/mol. The van der Waals surface area contributed by atoms with Gasteiger partial charge in [0, 0.05) is 24.4 Å². The van der Waals surface area contributed by atoms with Crippen LogP contribution in [0.5, 0.6) is 11.5 Å². The molecule has 1 amide bonds. The van der Waals surface area contributed by atoms with Crippen LogP contribution in [0.2, 0.25) is 0 Å². The number of carbonyl (C=O) groups is 1. The van der Waals surface area contributed by atoms with E-state index in [0.29, 0.717) is 18.6 Å². The fourth-order valence-electron chi connectivity index (χ4n) is 3.59. The summed E-state index contributed by atoms with van der Waals surface area (Å²) in [5.74, 6) is 1.64. The number of nitrogens with zero attached hydrogens (tertiary/aromatic N) is 2. The number of para-hydroxylation sites is 1. The minimum Gasteiger partial charge on any atom is -0.493 e. The molecule has 1 saturated heterocycles. The van der Waals surface area contributed by atoms with Gasteiger partial charge in [0.15, 0.2) is 11.5 Å². The molecule has 1 aromatic heterocycles. The molecule has 144 valence electrons. The molecule has 1 N–H and O–H groups in total. The van der Waals surface area contributed by atoms with Crippen LogP contribution in [0.15, 0.2) is 42.7 Å². The highest BCUT2D eigenvalue weighted by Gasteiger charge is 2.24. The number of carbonyl (C=O) groups excluding carboxylic acids is 1. The van der Waals surface area contributed by atoms with Gasteiger partial charge in [-0.25, -0.2) is 0 Å². The van der Waals surface area contributed by atoms with Gasteiger partial charge in [-0.3, -0.25) is 9.78 Å². The summed E-state index contributed by atoms with van der Waals surface area (Å²) in [4.78, 5) is 20.2. The number of benzene rings is 1. The third kappa shape index (κ3) is 4.98. The average molecular weight is 370 g/mol. The SMILES string of the molecule is COc1cccc(CCC(=O)N2CC[NH+](Cc3ccncc3)CC2)c1OC. The van der Waals surface area contributed by atoms with E-state index in [4.69, 9.17) is 9.47 Å². The highest BCUT2D eigenvalue weighted by molar-refractivity contribution is 5.76. The Bertz CT molecular complexity index is 744. The molecule has 6 nitrogen and oxygen atoms in total. The van der Waals surface area contributed by atoms with Crippen molar-refractivity contribution in [3.63, 3.8) is 0 Å². The number of quaternary nitrogens is 1. The summed E-state index contributed by atoms with van der Waals surface area (Å²) in [6.07, 6.45) is 4.81. The first-order chi connectivity index (χ1) is 13.2. The lowest BCUT2D eigenvalue weighted by molar-refractivity contribution is -0.917. The molecule has 2 heterocycles. The maximum Gasteiger partial charge on any atom is 0.223 e. The molecule has 1 aliphatic heterocycles. The predicted octanol–water partition coefficient (Wildman–Crippen LogP) is 0.959. The van der Waals surface area contributed by atoms with Gasteiger partial charge in [0.05, 0.1) is 40.4 Å². The summed E-state index contributed by atoms with van der Waals surface area (Å²) in [5, 5.41) is 0. The van der Waals surface area contributed by atoms with Gasteiger partial charge in [0.25, 0.3) is 0 Å². The Balaban J connectivity index is 1.49. The highest BCUT2D eigenvalue weighted by atomic mass is 16.5. The van der Waals surface area contributed by atoms with Crippen molar-refractivity contribution in [3.05, 3.63) is 53.9 Å². The number of piperazine rings is 1. The summed E-state index contributed by atoms with van der Waals surface area (Å²) in [6.45, 7) is 4.58. The highest BCUT2D eigenvalue weighted by Crippen LogP contribution is 2.31. The number of rotatable bonds is 7. The van der Waals surface area contributed by atoms with Gasteiger partial charge in [-0.15, -0.1) is 0 Å². The number of pyridine rings is 1. The van der Waals surface area contributed by atoms with Gasteiger partial charge < -0.3 is 19.3 Å². The van der Waals surface area contributed by atoms with E-state index < -0.39 is 0 Å². The minimum atomic E-state index is 0.211. The predicted molar refractivity (Wildman–Crippen MR) is 103 cm³/mol. The number of nitrogens with one attached hydrogen (secondary N) is 1. The number of methoxy groups -OCH3 is 2. The number of amides is 1. The van der Waals surface area contributed by atoms with Crippen molar-refractivity contribution in [1.29, 1.82) is 0 Å². The van der Waals surface area contributed by atoms with Crippen molar-refractivity contribution in [2.45, 2.75) is 19.4 Å². The fraction of sp³-hybridized carbons (Fsp3) is 0.429. The molecule has 0 atom stereocenters. The summed E-state index contributed by atoms with van der Waals surface area (Å²) in [6, 6.07) is 9.92. The second-order valence-corrected chi connectivity index (χ2v) is 6.82. The number of aromatic nitrogens is 1. The van der Waals surface area contributed by atoms with Gasteiger partial charge in [-0.05, 0) is 30.2 Å². The lowest BCUT2D eigenvalue weighted by atomic mass is 10.1. The molecule has 3 rings (SSSR count). The van der Waals surface area contributed by atoms with Gasteiger partial charge in [0.1, 0.15) is 6.54 Å². The molecule has 0 bridgehead atoms. The van der Waals surface area contributed by atoms with Crippen LogP contribution >= 0.6 is 0 Å². The van der Waals surface area contributed by atoms with Crippen LogP contribution in [0.4, 0.5) is 0 Å². The van der Waals surface area contributed by atoms with Crippen LogP contribution in [-0.4, -0.2) is 56.2 Å². The Morgan fingerprint density at radius 1 is 1.11 bits per heavy atom. The monoisotopic (exact) mass is 370 g/mol. The van der Waals surface area contributed by atoms with E-state index >= 15 is 0 Å². The molecule has 0 aliphatic carbocycles. The fourth-order valence-corrected chi connectivity index (χ4v) is 3.59. The molecule has 6 heteroatoms. The Morgan fingerprint density at radius 3 is 2.52 bits per heavy atom. The summed E-state index contributed by atoms with van der Waals surface area (Å²) >= 11 is 0. The largest absolute Gasteiger partial charge is 0.493 e. The van der Waals surface area contributed by atoms with Crippen molar-refractivity contribution in [2.75, 3.05) is 40.4 Å². The van der Waals surface area contributed by atoms with Gasteiger partial charge in [-0.1, -0.05) is 12.1 Å². The summed E-state index contributed by atoms with van der Waals surface area (Å²) in [7, 11) is 3.26. The normalized spacial score (nSPS) is 14.8. The topological polar surface area (TPSA) is 56.1 Å². The van der Waals surface area contributed by atoms with E-state index in [0.717, 1.165) is 44.0 Å². The standard InChI is InChI=1S/C21H27N3O3/c1-26-19-5-3-4-18(21(19)27-2)6-7-20(25)24-14-12-23(13-15-24)16-17-8-10-22-11-9-17/h3-5,8-11H,6-7,12-16H2,1-2H3/p+1. The van der Waals surface area contributed by atoms with E-state index in [2.05, 4.69) is 17.1 Å². The summed E-state index contributed by atoms with van der Waals surface area (Å²) < 4.78 is 10.8. The third-order valence-electron chi connectivity index (χ3n) is 5.12.